The minimum Gasteiger partial charge on any atom is -0.389 e. The van der Waals surface area contributed by atoms with E-state index in [2.05, 4.69) is 0 Å². The standard InChI is InChI=1S/C16H24N2O2/c1-3-18(11-14-7-5-4-6-8-14)15(19)12-17-10-9-16(2,20)13-17/h4-8,20H,3,9-13H2,1-2H3. The van der Waals surface area contributed by atoms with Gasteiger partial charge in [0.05, 0.1) is 12.1 Å². The predicted molar refractivity (Wildman–Crippen MR) is 79.2 cm³/mol. The lowest BCUT2D eigenvalue weighted by Crippen LogP contribution is -2.40. The van der Waals surface area contributed by atoms with Crippen LogP contribution in [0, 0.1) is 0 Å². The van der Waals surface area contributed by atoms with Crippen LogP contribution in [-0.2, 0) is 11.3 Å². The molecule has 1 amide bonds. The Morgan fingerprint density at radius 1 is 1.40 bits per heavy atom. The minimum absolute atomic E-state index is 0.133. The van der Waals surface area contributed by atoms with Crippen LogP contribution in [0.1, 0.15) is 25.8 Å². The summed E-state index contributed by atoms with van der Waals surface area (Å²) in [4.78, 5) is 16.2. The van der Waals surface area contributed by atoms with Gasteiger partial charge < -0.3 is 10.0 Å². The second-order valence-corrected chi connectivity index (χ2v) is 5.85. The van der Waals surface area contributed by atoms with Crippen LogP contribution in [0.3, 0.4) is 0 Å². The summed E-state index contributed by atoms with van der Waals surface area (Å²) in [7, 11) is 0. The molecule has 1 aromatic rings. The third kappa shape index (κ3) is 4.05. The molecule has 4 heteroatoms. The maximum Gasteiger partial charge on any atom is 0.237 e. The number of hydrogen-bond acceptors (Lipinski definition) is 3. The van der Waals surface area contributed by atoms with Gasteiger partial charge in [0.15, 0.2) is 0 Å². The van der Waals surface area contributed by atoms with E-state index in [1.165, 1.54) is 0 Å². The third-order valence-electron chi connectivity index (χ3n) is 3.84. The van der Waals surface area contributed by atoms with Crippen molar-refractivity contribution in [1.29, 1.82) is 0 Å². The van der Waals surface area contributed by atoms with Crippen molar-refractivity contribution in [3.63, 3.8) is 0 Å². The first-order chi connectivity index (χ1) is 9.50. The summed E-state index contributed by atoms with van der Waals surface area (Å²) in [6.07, 6.45) is 0.741. The SMILES string of the molecule is CCN(Cc1ccccc1)C(=O)CN1CCC(C)(O)C1. The predicted octanol–water partition coefficient (Wildman–Crippen LogP) is 1.49. The second kappa shape index (κ2) is 6.37. The van der Waals surface area contributed by atoms with Crippen molar-refractivity contribution in [2.45, 2.75) is 32.4 Å². The van der Waals surface area contributed by atoms with Gasteiger partial charge in [-0.05, 0) is 25.8 Å². The maximum absolute atomic E-state index is 12.3. The van der Waals surface area contributed by atoms with E-state index in [0.717, 1.165) is 18.5 Å². The Morgan fingerprint density at radius 2 is 2.10 bits per heavy atom. The lowest BCUT2D eigenvalue weighted by atomic mass is 10.1. The molecule has 2 rings (SSSR count). The quantitative estimate of drug-likeness (QED) is 0.886. The fourth-order valence-electron chi connectivity index (χ4n) is 2.65. The minimum atomic E-state index is -0.642. The second-order valence-electron chi connectivity index (χ2n) is 5.85. The molecule has 1 fully saturated rings. The molecule has 1 aliphatic heterocycles. The summed E-state index contributed by atoms with van der Waals surface area (Å²) in [5.74, 6) is 0.133. The highest BCUT2D eigenvalue weighted by Crippen LogP contribution is 2.20. The molecule has 1 heterocycles. The van der Waals surface area contributed by atoms with Crippen molar-refractivity contribution in [3.8, 4) is 0 Å². The highest BCUT2D eigenvalue weighted by Gasteiger charge is 2.32. The molecule has 0 bridgehead atoms. The highest BCUT2D eigenvalue weighted by molar-refractivity contribution is 5.78. The van der Waals surface area contributed by atoms with Crippen molar-refractivity contribution in [3.05, 3.63) is 35.9 Å². The van der Waals surface area contributed by atoms with Gasteiger partial charge in [0.1, 0.15) is 0 Å². The number of rotatable bonds is 5. The van der Waals surface area contributed by atoms with Gasteiger partial charge in [-0.3, -0.25) is 9.69 Å². The van der Waals surface area contributed by atoms with Gasteiger partial charge in [-0.15, -0.1) is 0 Å². The number of carbonyl (C=O) groups is 1. The van der Waals surface area contributed by atoms with E-state index < -0.39 is 5.60 Å². The topological polar surface area (TPSA) is 43.8 Å². The molecule has 0 saturated carbocycles. The first-order valence-corrected chi connectivity index (χ1v) is 7.26. The van der Waals surface area contributed by atoms with Crippen LogP contribution < -0.4 is 0 Å². The van der Waals surface area contributed by atoms with Crippen LogP contribution in [0.25, 0.3) is 0 Å². The van der Waals surface area contributed by atoms with Gasteiger partial charge in [0.2, 0.25) is 5.91 Å². The number of aliphatic hydroxyl groups is 1. The number of hydrogen-bond donors (Lipinski definition) is 1. The Bertz CT molecular complexity index is 445. The van der Waals surface area contributed by atoms with Crippen molar-refractivity contribution >= 4 is 5.91 Å². The smallest absolute Gasteiger partial charge is 0.237 e. The average molecular weight is 276 g/mol. The summed E-state index contributed by atoms with van der Waals surface area (Å²) in [5, 5.41) is 9.94. The molecular weight excluding hydrogens is 252 g/mol. The number of benzene rings is 1. The van der Waals surface area contributed by atoms with E-state index in [1.54, 1.807) is 0 Å². The van der Waals surface area contributed by atoms with Crippen LogP contribution in [0.4, 0.5) is 0 Å². The van der Waals surface area contributed by atoms with Gasteiger partial charge in [0, 0.05) is 26.2 Å². The number of β-amino-alcohol motifs (C(OH)–C–C–N with tert-alkyl or cyclic N) is 1. The Balaban J connectivity index is 1.89. The Kier molecular flexibility index (Phi) is 4.78. The average Bonchev–Trinajstić information content (AvgIpc) is 2.76. The van der Waals surface area contributed by atoms with E-state index in [0.29, 0.717) is 26.2 Å². The van der Waals surface area contributed by atoms with Gasteiger partial charge in [0.25, 0.3) is 0 Å². The first-order valence-electron chi connectivity index (χ1n) is 7.26. The molecule has 0 aliphatic carbocycles. The van der Waals surface area contributed by atoms with Gasteiger partial charge >= 0.3 is 0 Å². The Labute approximate surface area is 121 Å². The molecule has 1 aromatic carbocycles. The fraction of sp³-hybridized carbons (Fsp3) is 0.562. The zero-order valence-electron chi connectivity index (χ0n) is 12.4. The van der Waals surface area contributed by atoms with Crippen LogP contribution in [0.15, 0.2) is 30.3 Å². The summed E-state index contributed by atoms with van der Waals surface area (Å²) < 4.78 is 0. The molecule has 0 spiro atoms. The van der Waals surface area contributed by atoms with Crippen LogP contribution in [-0.4, -0.2) is 52.6 Å². The van der Waals surface area contributed by atoms with Crippen molar-refractivity contribution in [2.75, 3.05) is 26.2 Å². The van der Waals surface area contributed by atoms with E-state index in [1.807, 2.05) is 54.0 Å². The van der Waals surface area contributed by atoms with E-state index >= 15 is 0 Å². The fourth-order valence-corrected chi connectivity index (χ4v) is 2.65. The number of amides is 1. The summed E-state index contributed by atoms with van der Waals surface area (Å²) in [6.45, 7) is 6.97. The van der Waals surface area contributed by atoms with Gasteiger partial charge in [-0.2, -0.15) is 0 Å². The maximum atomic E-state index is 12.3. The van der Waals surface area contributed by atoms with Crippen LogP contribution in [0.5, 0.6) is 0 Å². The molecule has 20 heavy (non-hydrogen) atoms. The molecule has 0 radical (unpaired) electrons. The number of nitrogens with zero attached hydrogens (tertiary/aromatic N) is 2. The van der Waals surface area contributed by atoms with Crippen molar-refractivity contribution in [1.82, 2.24) is 9.80 Å². The Hall–Kier alpha value is -1.39. The van der Waals surface area contributed by atoms with E-state index in [-0.39, 0.29) is 5.91 Å². The van der Waals surface area contributed by atoms with Crippen LogP contribution >= 0.6 is 0 Å². The summed E-state index contributed by atoms with van der Waals surface area (Å²) >= 11 is 0. The molecular formula is C16H24N2O2. The highest BCUT2D eigenvalue weighted by atomic mass is 16.3. The summed E-state index contributed by atoms with van der Waals surface area (Å²) in [6, 6.07) is 10.0. The van der Waals surface area contributed by atoms with Crippen molar-refractivity contribution < 1.29 is 9.90 Å². The molecule has 110 valence electrons. The summed E-state index contributed by atoms with van der Waals surface area (Å²) in [5.41, 5.74) is 0.507. The number of likely N-dealkylation sites (tertiary alicyclic amines) is 1. The zero-order valence-corrected chi connectivity index (χ0v) is 12.4. The van der Waals surface area contributed by atoms with E-state index in [9.17, 15) is 9.90 Å². The monoisotopic (exact) mass is 276 g/mol. The normalized spacial score (nSPS) is 22.9. The molecule has 1 N–H and O–H groups in total. The third-order valence-corrected chi connectivity index (χ3v) is 3.84. The molecule has 1 aliphatic rings. The first kappa shape index (κ1) is 15.0. The Morgan fingerprint density at radius 3 is 2.65 bits per heavy atom. The van der Waals surface area contributed by atoms with Crippen LogP contribution in [0.2, 0.25) is 0 Å². The van der Waals surface area contributed by atoms with E-state index in [4.69, 9.17) is 0 Å². The van der Waals surface area contributed by atoms with Crippen molar-refractivity contribution in [2.24, 2.45) is 0 Å². The van der Waals surface area contributed by atoms with Gasteiger partial charge in [-0.25, -0.2) is 0 Å². The lowest BCUT2D eigenvalue weighted by molar-refractivity contribution is -0.132. The molecule has 4 nitrogen and oxygen atoms in total. The molecule has 0 aromatic heterocycles. The van der Waals surface area contributed by atoms with Gasteiger partial charge in [-0.1, -0.05) is 30.3 Å². The zero-order chi connectivity index (χ0) is 14.6. The molecule has 1 unspecified atom stereocenters. The number of likely N-dealkylation sites (N-methyl/N-ethyl adjacent to an activating group) is 1. The lowest BCUT2D eigenvalue weighted by Gasteiger charge is -2.25. The molecule has 1 saturated heterocycles. The largest absolute Gasteiger partial charge is 0.389 e. The molecule has 1 atom stereocenters. The number of carbonyl (C=O) groups excluding carboxylic acids is 1.